The van der Waals surface area contributed by atoms with Gasteiger partial charge < -0.3 is 9.16 Å². The minimum Gasteiger partial charge on any atom is -0.542 e. The summed E-state index contributed by atoms with van der Waals surface area (Å²) in [6, 6.07) is 7.33. The molecule has 2 nitrogen and oxygen atoms in total. The molecule has 0 unspecified atom stereocenters. The second kappa shape index (κ2) is 7.03. The van der Waals surface area contributed by atoms with Crippen LogP contribution < -0.4 is 9.16 Å². The van der Waals surface area contributed by atoms with Crippen LogP contribution in [0.5, 0.6) is 11.5 Å². The Kier molecular flexibility index (Phi) is 5.58. The summed E-state index contributed by atoms with van der Waals surface area (Å²) in [7, 11) is -1.99. The highest BCUT2D eigenvalue weighted by Gasteiger charge is 2.47. The fourth-order valence-electron chi connectivity index (χ4n) is 4.25. The van der Waals surface area contributed by atoms with E-state index in [2.05, 4.69) is 74.1 Å². The Morgan fingerprint density at radius 3 is 2.16 bits per heavy atom. The van der Waals surface area contributed by atoms with Gasteiger partial charge in [0.25, 0.3) is 8.32 Å². The molecular formula is C22H33O2Si. The summed E-state index contributed by atoms with van der Waals surface area (Å²) in [5, 5.41) is 0. The zero-order chi connectivity index (χ0) is 19.0. The summed E-state index contributed by atoms with van der Waals surface area (Å²) >= 11 is 0. The summed E-state index contributed by atoms with van der Waals surface area (Å²) in [6.45, 7) is 21.8. The van der Waals surface area contributed by atoms with Crippen LogP contribution in [0.3, 0.4) is 0 Å². The van der Waals surface area contributed by atoms with Crippen molar-refractivity contribution in [1.82, 2.24) is 0 Å². The number of benzene rings is 1. The van der Waals surface area contributed by atoms with E-state index in [9.17, 15) is 0 Å². The maximum Gasteiger partial charge on any atom is 0.258 e. The molecular weight excluding hydrogens is 324 g/mol. The van der Waals surface area contributed by atoms with Gasteiger partial charge in [0.05, 0.1) is 0 Å². The van der Waals surface area contributed by atoms with Crippen LogP contribution in [0.15, 0.2) is 30.4 Å². The van der Waals surface area contributed by atoms with E-state index >= 15 is 0 Å². The van der Waals surface area contributed by atoms with Crippen LogP contribution >= 0.6 is 0 Å². The standard InChI is InChI=1S/C22H33O2Si/c1-10-19-13-18-11-12-20(14-21(18)23-22(19,8)9)24-25(15(2)3,16(4)5)17(6)7/h10-11,13-17H,1H2,2-9H3. The molecule has 1 aromatic rings. The highest BCUT2D eigenvalue weighted by atomic mass is 28.4. The second-order valence-corrected chi connectivity index (χ2v) is 13.8. The predicted octanol–water partition coefficient (Wildman–Crippen LogP) is 6.78. The topological polar surface area (TPSA) is 18.5 Å². The van der Waals surface area contributed by atoms with Gasteiger partial charge in [-0.1, -0.05) is 54.2 Å². The van der Waals surface area contributed by atoms with Crippen LogP contribution in [-0.2, 0) is 0 Å². The van der Waals surface area contributed by atoms with Crippen molar-refractivity contribution < 1.29 is 9.16 Å². The lowest BCUT2D eigenvalue weighted by Gasteiger charge is -2.42. The monoisotopic (exact) mass is 357 g/mol. The Balaban J connectivity index is 2.44. The molecule has 0 saturated carbocycles. The van der Waals surface area contributed by atoms with Crippen molar-refractivity contribution in [1.29, 1.82) is 0 Å². The molecule has 0 spiro atoms. The highest BCUT2D eigenvalue weighted by Crippen LogP contribution is 2.44. The molecule has 25 heavy (non-hydrogen) atoms. The van der Waals surface area contributed by atoms with Crippen molar-refractivity contribution in [2.45, 2.75) is 77.6 Å². The van der Waals surface area contributed by atoms with Crippen molar-refractivity contribution in [3.05, 3.63) is 42.0 Å². The van der Waals surface area contributed by atoms with Crippen molar-refractivity contribution in [2.75, 3.05) is 0 Å². The molecule has 1 radical (unpaired) electrons. The normalized spacial score (nSPS) is 16.5. The minimum atomic E-state index is -1.99. The van der Waals surface area contributed by atoms with Gasteiger partial charge in [-0.3, -0.25) is 0 Å². The highest BCUT2D eigenvalue weighted by molar-refractivity contribution is 6.78. The van der Waals surface area contributed by atoms with Gasteiger partial charge in [0.2, 0.25) is 0 Å². The Morgan fingerprint density at radius 1 is 1.12 bits per heavy atom. The Bertz CT molecular complexity index is 647. The second-order valence-electron chi connectivity index (χ2n) is 8.45. The summed E-state index contributed by atoms with van der Waals surface area (Å²) in [5.74, 6) is 1.68. The molecule has 2 rings (SSSR count). The Hall–Kier alpha value is -1.48. The zero-order valence-electron chi connectivity index (χ0n) is 17.1. The molecule has 0 N–H and O–H groups in total. The molecule has 0 amide bonds. The lowest BCUT2D eigenvalue weighted by Crippen LogP contribution is -2.50. The first-order chi connectivity index (χ1) is 11.5. The Labute approximate surface area is 155 Å². The van der Waals surface area contributed by atoms with E-state index in [-0.39, 0.29) is 5.60 Å². The molecule has 1 heterocycles. The number of hydrogen-bond donors (Lipinski definition) is 0. The maximum atomic E-state index is 6.74. The van der Waals surface area contributed by atoms with E-state index in [0.29, 0.717) is 16.6 Å². The average molecular weight is 358 g/mol. The summed E-state index contributed by atoms with van der Waals surface area (Å²) in [4.78, 5) is 0. The van der Waals surface area contributed by atoms with E-state index in [1.807, 2.05) is 18.2 Å². The van der Waals surface area contributed by atoms with Gasteiger partial charge in [-0.15, -0.1) is 0 Å². The summed E-state index contributed by atoms with van der Waals surface area (Å²) in [6.07, 6.45) is 3.99. The van der Waals surface area contributed by atoms with E-state index in [1.54, 1.807) is 0 Å². The van der Waals surface area contributed by atoms with Crippen molar-refractivity contribution in [3.8, 4) is 11.5 Å². The quantitative estimate of drug-likeness (QED) is 0.522. The summed E-state index contributed by atoms with van der Waals surface area (Å²) in [5.41, 5.74) is 3.32. The van der Waals surface area contributed by atoms with E-state index in [0.717, 1.165) is 22.6 Å². The van der Waals surface area contributed by atoms with Crippen LogP contribution in [0, 0.1) is 6.07 Å². The van der Waals surface area contributed by atoms with Gasteiger partial charge >= 0.3 is 0 Å². The van der Waals surface area contributed by atoms with Gasteiger partial charge in [0, 0.05) is 17.7 Å². The van der Waals surface area contributed by atoms with Crippen LogP contribution in [0.2, 0.25) is 16.6 Å². The first-order valence-electron chi connectivity index (χ1n) is 9.33. The number of hydrogen-bond acceptors (Lipinski definition) is 2. The third-order valence-corrected chi connectivity index (χ3v) is 11.5. The van der Waals surface area contributed by atoms with Crippen LogP contribution in [0.4, 0.5) is 0 Å². The average Bonchev–Trinajstić information content (AvgIpc) is 2.49. The van der Waals surface area contributed by atoms with Crippen LogP contribution in [0.1, 0.15) is 61.0 Å². The van der Waals surface area contributed by atoms with E-state index in [4.69, 9.17) is 9.16 Å². The number of ether oxygens (including phenoxy) is 1. The van der Waals surface area contributed by atoms with Crippen molar-refractivity contribution >= 4 is 14.4 Å². The molecule has 0 saturated heterocycles. The maximum absolute atomic E-state index is 6.74. The van der Waals surface area contributed by atoms with E-state index in [1.165, 1.54) is 0 Å². The molecule has 3 heteroatoms. The summed E-state index contributed by atoms with van der Waals surface area (Å²) < 4.78 is 13.0. The number of fused-ring (bicyclic) bond motifs is 1. The molecule has 0 fully saturated rings. The lowest BCUT2D eigenvalue weighted by molar-refractivity contribution is 0.149. The van der Waals surface area contributed by atoms with E-state index < -0.39 is 8.32 Å². The molecule has 0 aromatic heterocycles. The van der Waals surface area contributed by atoms with Crippen LogP contribution in [-0.4, -0.2) is 13.9 Å². The van der Waals surface area contributed by atoms with Crippen molar-refractivity contribution in [3.63, 3.8) is 0 Å². The molecule has 0 aliphatic carbocycles. The zero-order valence-corrected chi connectivity index (χ0v) is 18.1. The molecule has 1 aromatic carbocycles. The molecule has 137 valence electrons. The van der Waals surface area contributed by atoms with Crippen molar-refractivity contribution in [2.24, 2.45) is 0 Å². The first kappa shape index (κ1) is 19.8. The Morgan fingerprint density at radius 2 is 1.68 bits per heavy atom. The van der Waals surface area contributed by atoms with Gasteiger partial charge in [0.1, 0.15) is 17.1 Å². The predicted molar refractivity (Wildman–Crippen MR) is 110 cm³/mol. The van der Waals surface area contributed by atoms with Gasteiger partial charge in [-0.25, -0.2) is 0 Å². The third-order valence-electron chi connectivity index (χ3n) is 5.50. The largest absolute Gasteiger partial charge is 0.542 e. The molecule has 1 aliphatic heterocycles. The van der Waals surface area contributed by atoms with Gasteiger partial charge in [0.15, 0.2) is 0 Å². The fourth-order valence-corrected chi connectivity index (χ4v) is 9.45. The SMILES string of the molecule is C=CC1=Cc2c[c]c(O[Si](C(C)C)(C(C)C)C(C)C)cc2OC1(C)C. The fraction of sp³-hybridized carbons (Fsp3) is 0.545. The minimum absolute atomic E-state index is 0.379. The first-order valence-corrected chi connectivity index (χ1v) is 11.5. The molecule has 0 bridgehead atoms. The third kappa shape index (κ3) is 3.57. The lowest BCUT2D eigenvalue weighted by atomic mass is 9.92. The van der Waals surface area contributed by atoms with Gasteiger partial charge in [-0.05, 0) is 48.2 Å². The number of rotatable bonds is 6. The molecule has 1 aliphatic rings. The molecule has 0 atom stereocenters. The smallest absolute Gasteiger partial charge is 0.258 e. The van der Waals surface area contributed by atoms with Gasteiger partial charge in [-0.2, -0.15) is 0 Å². The van der Waals surface area contributed by atoms with Crippen LogP contribution in [0.25, 0.3) is 6.08 Å².